The number of nitrogens with zero attached hydrogens (tertiary/aromatic N) is 2. The van der Waals surface area contributed by atoms with Crippen molar-refractivity contribution in [3.63, 3.8) is 0 Å². The lowest BCUT2D eigenvalue weighted by Crippen LogP contribution is -2.25. The number of thioether (sulfide) groups is 1. The Bertz CT molecular complexity index is 1430. The molecule has 1 amide bonds. The van der Waals surface area contributed by atoms with Gasteiger partial charge in [0.25, 0.3) is 5.56 Å². The van der Waals surface area contributed by atoms with Crippen LogP contribution in [-0.4, -0.2) is 21.2 Å². The third-order valence-corrected chi connectivity index (χ3v) is 8.33. The minimum atomic E-state index is -0.885. The molecule has 0 bridgehead atoms. The number of hydrogen-bond donors (Lipinski definition) is 1. The summed E-state index contributed by atoms with van der Waals surface area (Å²) in [4.78, 5) is 32.7. The van der Waals surface area contributed by atoms with Gasteiger partial charge in [0.2, 0.25) is 5.91 Å². The van der Waals surface area contributed by atoms with E-state index in [9.17, 15) is 18.4 Å². The largest absolute Gasteiger partial charge is 0.467 e. The Morgan fingerprint density at radius 1 is 1.29 bits per heavy atom. The minimum absolute atomic E-state index is 0.0989. The van der Waals surface area contributed by atoms with Crippen molar-refractivity contribution in [2.75, 3.05) is 11.1 Å². The van der Waals surface area contributed by atoms with Gasteiger partial charge in [-0.25, -0.2) is 13.8 Å². The molecule has 1 aliphatic carbocycles. The fourth-order valence-electron chi connectivity index (χ4n) is 4.00. The smallest absolute Gasteiger partial charge is 0.263 e. The highest BCUT2D eigenvalue weighted by molar-refractivity contribution is 9.10. The van der Waals surface area contributed by atoms with E-state index >= 15 is 0 Å². The molecule has 0 aliphatic heterocycles. The summed E-state index contributed by atoms with van der Waals surface area (Å²) in [6.45, 7) is 0.182. The van der Waals surface area contributed by atoms with Crippen LogP contribution in [0.2, 0.25) is 0 Å². The maximum Gasteiger partial charge on any atom is 0.263 e. The van der Waals surface area contributed by atoms with E-state index in [2.05, 4.69) is 21.2 Å². The molecule has 0 atom stereocenters. The van der Waals surface area contributed by atoms with E-state index in [0.29, 0.717) is 27.2 Å². The number of benzene rings is 1. The number of rotatable bonds is 6. The van der Waals surface area contributed by atoms with Crippen LogP contribution >= 0.6 is 39.0 Å². The molecule has 5 rings (SSSR count). The highest BCUT2D eigenvalue weighted by Gasteiger charge is 2.23. The molecule has 0 saturated heterocycles. The number of furan rings is 1. The summed E-state index contributed by atoms with van der Waals surface area (Å²) >= 11 is 5.68. The number of nitrogens with one attached hydrogen (secondary N) is 1. The first-order valence-corrected chi connectivity index (χ1v) is 13.1. The summed E-state index contributed by atoms with van der Waals surface area (Å²) in [5.74, 6) is -1.68. The van der Waals surface area contributed by atoms with E-state index in [1.807, 2.05) is 0 Å². The molecule has 1 aromatic carbocycles. The lowest BCUT2D eigenvalue weighted by Gasteiger charge is -2.13. The monoisotopic (exact) mass is 565 g/mol. The Morgan fingerprint density at radius 2 is 2.12 bits per heavy atom. The molecule has 0 spiro atoms. The van der Waals surface area contributed by atoms with Crippen molar-refractivity contribution in [2.45, 2.75) is 37.4 Å². The summed E-state index contributed by atoms with van der Waals surface area (Å²) in [5, 5.41) is 3.48. The van der Waals surface area contributed by atoms with Crippen LogP contribution in [0.1, 0.15) is 29.0 Å². The first-order chi connectivity index (χ1) is 16.4. The van der Waals surface area contributed by atoms with Gasteiger partial charge in [-0.2, -0.15) is 0 Å². The highest BCUT2D eigenvalue weighted by atomic mass is 79.9. The quantitative estimate of drug-likeness (QED) is 0.238. The minimum Gasteiger partial charge on any atom is -0.467 e. The van der Waals surface area contributed by atoms with Gasteiger partial charge in [0, 0.05) is 15.4 Å². The predicted molar refractivity (Wildman–Crippen MR) is 132 cm³/mol. The van der Waals surface area contributed by atoms with Crippen molar-refractivity contribution < 1.29 is 18.0 Å². The van der Waals surface area contributed by atoms with Gasteiger partial charge in [-0.3, -0.25) is 14.2 Å². The summed E-state index contributed by atoms with van der Waals surface area (Å²) in [6, 6.07) is 5.29. The van der Waals surface area contributed by atoms with E-state index in [1.54, 1.807) is 12.1 Å². The van der Waals surface area contributed by atoms with Gasteiger partial charge in [0.05, 0.1) is 29.6 Å². The van der Waals surface area contributed by atoms with Crippen LogP contribution in [0.5, 0.6) is 0 Å². The average molecular weight is 566 g/mol. The molecule has 0 unspecified atom stereocenters. The van der Waals surface area contributed by atoms with E-state index in [4.69, 9.17) is 9.40 Å². The number of halogens is 3. The summed E-state index contributed by atoms with van der Waals surface area (Å²) < 4.78 is 34.5. The summed E-state index contributed by atoms with van der Waals surface area (Å²) in [6.07, 6.45) is 5.48. The number of amides is 1. The first kappa shape index (κ1) is 23.3. The molecule has 3 heterocycles. The van der Waals surface area contributed by atoms with Crippen LogP contribution in [0, 0.1) is 11.6 Å². The lowest BCUT2D eigenvalue weighted by atomic mass is 9.97. The molecule has 0 saturated carbocycles. The number of carbonyl (C=O) groups is 1. The predicted octanol–water partition coefficient (Wildman–Crippen LogP) is 5.75. The number of hydrogen-bond acceptors (Lipinski definition) is 6. The van der Waals surface area contributed by atoms with Crippen molar-refractivity contribution in [2.24, 2.45) is 0 Å². The second-order valence-electron chi connectivity index (χ2n) is 7.84. The van der Waals surface area contributed by atoms with Crippen molar-refractivity contribution in [3.8, 4) is 0 Å². The van der Waals surface area contributed by atoms with E-state index < -0.39 is 17.5 Å². The van der Waals surface area contributed by atoms with Crippen LogP contribution in [0.25, 0.3) is 10.2 Å². The van der Waals surface area contributed by atoms with Crippen molar-refractivity contribution in [1.82, 2.24) is 9.55 Å². The Morgan fingerprint density at radius 3 is 2.88 bits per heavy atom. The number of anilines is 1. The first-order valence-electron chi connectivity index (χ1n) is 10.6. The zero-order valence-electron chi connectivity index (χ0n) is 17.7. The second kappa shape index (κ2) is 9.63. The highest BCUT2D eigenvalue weighted by Crippen LogP contribution is 2.35. The number of aryl methyl sites for hydroxylation is 2. The third-order valence-electron chi connectivity index (χ3n) is 5.54. The Hall–Kier alpha value is -2.50. The molecule has 4 aromatic rings. The van der Waals surface area contributed by atoms with E-state index in [0.717, 1.165) is 49.1 Å². The van der Waals surface area contributed by atoms with Crippen molar-refractivity contribution in [1.29, 1.82) is 0 Å². The van der Waals surface area contributed by atoms with Crippen LogP contribution in [0.3, 0.4) is 0 Å². The van der Waals surface area contributed by atoms with Crippen LogP contribution in [0.4, 0.5) is 14.5 Å². The molecule has 11 heteroatoms. The Balaban J connectivity index is 1.46. The van der Waals surface area contributed by atoms with Crippen LogP contribution in [0.15, 0.2) is 49.4 Å². The standard InChI is InChI=1S/C23H18BrF2N3O3S2/c24-15-8-12(25)9-16(26)20(15)27-18(30)11-33-23-28-21-19(14-5-1-2-6-17(14)34-21)22(31)29(23)10-13-4-3-7-32-13/h3-4,7-9H,1-2,5-6,10-11H2,(H,27,30). The molecular weight excluding hydrogens is 548 g/mol. The van der Waals surface area contributed by atoms with Gasteiger partial charge in [0.15, 0.2) is 11.0 Å². The van der Waals surface area contributed by atoms with Gasteiger partial charge >= 0.3 is 0 Å². The topological polar surface area (TPSA) is 77.1 Å². The zero-order chi connectivity index (χ0) is 23.8. The maximum absolute atomic E-state index is 14.1. The normalized spacial score (nSPS) is 13.3. The number of aromatic nitrogens is 2. The molecule has 176 valence electrons. The third kappa shape index (κ3) is 4.56. The molecule has 0 radical (unpaired) electrons. The molecule has 6 nitrogen and oxygen atoms in total. The summed E-state index contributed by atoms with van der Waals surface area (Å²) in [7, 11) is 0. The molecule has 1 aliphatic rings. The molecule has 3 aromatic heterocycles. The molecule has 0 fully saturated rings. The van der Waals surface area contributed by atoms with Crippen molar-refractivity contribution >= 4 is 60.8 Å². The van der Waals surface area contributed by atoms with Gasteiger partial charge in [-0.15, -0.1) is 11.3 Å². The number of thiophene rings is 1. The number of carbonyl (C=O) groups excluding carboxylic acids is 1. The fraction of sp³-hybridized carbons (Fsp3) is 0.261. The van der Waals surface area contributed by atoms with Crippen LogP contribution in [-0.2, 0) is 24.2 Å². The Kier molecular flexibility index (Phi) is 6.59. The van der Waals surface area contributed by atoms with Gasteiger partial charge in [-0.05, 0) is 65.4 Å². The van der Waals surface area contributed by atoms with E-state index in [-0.39, 0.29) is 28.0 Å². The lowest BCUT2D eigenvalue weighted by molar-refractivity contribution is -0.113. The number of fused-ring (bicyclic) bond motifs is 3. The average Bonchev–Trinajstić information content (AvgIpc) is 3.44. The SMILES string of the molecule is O=C(CSc1nc2sc3c(c2c(=O)n1Cc1ccco1)CCCC3)Nc1c(F)cc(F)cc1Br. The zero-order valence-corrected chi connectivity index (χ0v) is 20.9. The Labute approximate surface area is 209 Å². The van der Waals surface area contributed by atoms with Gasteiger partial charge in [-0.1, -0.05) is 11.8 Å². The second-order valence-corrected chi connectivity index (χ2v) is 10.7. The molecule has 34 heavy (non-hydrogen) atoms. The van der Waals surface area contributed by atoms with Crippen molar-refractivity contribution in [3.05, 3.63) is 73.2 Å². The summed E-state index contributed by atoms with van der Waals surface area (Å²) in [5.41, 5.74) is 0.785. The van der Waals surface area contributed by atoms with E-state index in [1.165, 1.54) is 27.0 Å². The fourth-order valence-corrected chi connectivity index (χ4v) is 6.60. The maximum atomic E-state index is 14.1. The molecular formula is C23H18BrF2N3O3S2. The van der Waals surface area contributed by atoms with Crippen LogP contribution < -0.4 is 10.9 Å². The van der Waals surface area contributed by atoms with Gasteiger partial charge < -0.3 is 9.73 Å². The van der Waals surface area contributed by atoms with Gasteiger partial charge in [0.1, 0.15) is 16.4 Å². The molecule has 1 N–H and O–H groups in total.